The fourth-order valence-corrected chi connectivity index (χ4v) is 6.86. The Bertz CT molecular complexity index is 1730. The lowest BCUT2D eigenvalue weighted by atomic mass is 9.81. The van der Waals surface area contributed by atoms with Crippen molar-refractivity contribution in [2.45, 2.75) is 63.8 Å². The van der Waals surface area contributed by atoms with Gasteiger partial charge in [-0.2, -0.15) is 0 Å². The van der Waals surface area contributed by atoms with Crippen molar-refractivity contribution in [3.63, 3.8) is 0 Å². The molecule has 9 nitrogen and oxygen atoms in total. The molecule has 0 aromatic heterocycles. The lowest BCUT2D eigenvalue weighted by Crippen LogP contribution is -2.43. The predicted molar refractivity (Wildman–Crippen MR) is 191 cm³/mol. The van der Waals surface area contributed by atoms with E-state index in [1.165, 1.54) is 11.1 Å². The van der Waals surface area contributed by atoms with Gasteiger partial charge in [-0.05, 0) is 79.5 Å². The number of nitrogens with zero attached hydrogens (tertiary/aromatic N) is 1. The highest BCUT2D eigenvalue weighted by Gasteiger charge is 2.28. The highest BCUT2D eigenvalue weighted by molar-refractivity contribution is 7.92. The van der Waals surface area contributed by atoms with Gasteiger partial charge in [0.05, 0.1) is 24.1 Å². The lowest BCUT2D eigenvalue weighted by Gasteiger charge is -2.38. The maximum Gasteiger partial charge on any atom is 0.338 e. The minimum Gasteiger partial charge on any atom is -0.491 e. The molecule has 1 unspecified atom stereocenters. The molecule has 10 heteroatoms. The molecule has 1 aliphatic rings. The summed E-state index contributed by atoms with van der Waals surface area (Å²) in [6, 6.07) is 32.9. The summed E-state index contributed by atoms with van der Waals surface area (Å²) in [6.07, 6.45) is 4.29. The van der Waals surface area contributed by atoms with Gasteiger partial charge in [-0.15, -0.1) is 0 Å². The molecule has 1 fully saturated rings. The second-order valence-electron chi connectivity index (χ2n) is 12.5. The van der Waals surface area contributed by atoms with Crippen molar-refractivity contribution < 1.29 is 32.5 Å². The molecule has 4 aromatic rings. The summed E-state index contributed by atoms with van der Waals surface area (Å²) in [6.45, 7) is 3.60. The molecule has 1 saturated carbocycles. The summed E-state index contributed by atoms with van der Waals surface area (Å²) in [4.78, 5) is 14.4. The third-order valence-electron chi connectivity index (χ3n) is 8.71. The number of esters is 1. The molecule has 0 bridgehead atoms. The van der Waals surface area contributed by atoms with Crippen molar-refractivity contribution in [2.75, 3.05) is 30.7 Å². The van der Waals surface area contributed by atoms with Crippen LogP contribution in [0.3, 0.4) is 0 Å². The average Bonchev–Trinajstić information content (AvgIpc) is 3.10. The fraction of sp³-hybridized carbons (Fsp3) is 0.359. The maximum absolute atomic E-state index is 12.1. The standard InChI is InChI=1S/C39H46N2O7S/c1-3-46-39(43)33-16-14-31(15-17-33)32-18-20-34(21-19-32)41(25-29-10-6-4-7-11-29)26-35(42)28-47-36-22-23-38(37(24-36)40-49(2,44)45)48-27-30-12-8-5-9-13-30/h4-17,22-24,32,34-35,40,42H,3,18-21,25-28H2,1-2H3. The first kappa shape index (κ1) is 35.9. The Morgan fingerprint density at radius 2 is 1.53 bits per heavy atom. The third-order valence-corrected chi connectivity index (χ3v) is 9.30. The first-order valence-corrected chi connectivity index (χ1v) is 18.7. The van der Waals surface area contributed by atoms with Crippen molar-refractivity contribution in [2.24, 2.45) is 0 Å². The van der Waals surface area contributed by atoms with E-state index in [0.29, 0.717) is 42.7 Å². The number of anilines is 1. The Morgan fingerprint density at radius 3 is 2.16 bits per heavy atom. The predicted octanol–water partition coefficient (Wildman–Crippen LogP) is 6.78. The van der Waals surface area contributed by atoms with Crippen LogP contribution in [-0.2, 0) is 27.9 Å². The first-order valence-electron chi connectivity index (χ1n) is 16.8. The molecular formula is C39H46N2O7S. The van der Waals surface area contributed by atoms with Crippen LogP contribution in [0.2, 0.25) is 0 Å². The molecule has 2 N–H and O–H groups in total. The largest absolute Gasteiger partial charge is 0.491 e. The zero-order chi connectivity index (χ0) is 34.6. The lowest BCUT2D eigenvalue weighted by molar-refractivity contribution is 0.0384. The number of carbonyl (C=O) groups excluding carboxylic acids is 1. The topological polar surface area (TPSA) is 114 Å². The fourth-order valence-electron chi connectivity index (χ4n) is 6.30. The van der Waals surface area contributed by atoms with Crippen LogP contribution < -0.4 is 14.2 Å². The van der Waals surface area contributed by atoms with Gasteiger partial charge in [0.15, 0.2) is 0 Å². The summed E-state index contributed by atoms with van der Waals surface area (Å²) in [5.74, 6) is 0.907. The van der Waals surface area contributed by atoms with E-state index >= 15 is 0 Å². The molecular weight excluding hydrogens is 641 g/mol. The third kappa shape index (κ3) is 11.1. The van der Waals surface area contributed by atoms with Gasteiger partial charge in [0.1, 0.15) is 30.8 Å². The van der Waals surface area contributed by atoms with Gasteiger partial charge < -0.3 is 19.3 Å². The van der Waals surface area contributed by atoms with Gasteiger partial charge in [-0.3, -0.25) is 9.62 Å². The van der Waals surface area contributed by atoms with E-state index in [4.69, 9.17) is 14.2 Å². The van der Waals surface area contributed by atoms with Crippen molar-refractivity contribution in [1.82, 2.24) is 4.90 Å². The molecule has 260 valence electrons. The average molecular weight is 687 g/mol. The van der Waals surface area contributed by atoms with Crippen molar-refractivity contribution in [3.05, 3.63) is 125 Å². The molecule has 49 heavy (non-hydrogen) atoms. The molecule has 0 heterocycles. The van der Waals surface area contributed by atoms with Crippen LogP contribution in [0, 0.1) is 0 Å². The van der Waals surface area contributed by atoms with Gasteiger partial charge in [-0.25, -0.2) is 13.2 Å². The molecule has 1 aliphatic carbocycles. The molecule has 0 amide bonds. The van der Waals surface area contributed by atoms with Crippen LogP contribution in [0.25, 0.3) is 0 Å². The van der Waals surface area contributed by atoms with Gasteiger partial charge in [0.25, 0.3) is 0 Å². The Morgan fingerprint density at radius 1 is 0.878 bits per heavy atom. The van der Waals surface area contributed by atoms with E-state index in [-0.39, 0.29) is 30.9 Å². The minimum absolute atomic E-state index is 0.0377. The monoisotopic (exact) mass is 686 g/mol. The number of benzene rings is 4. The van der Waals surface area contributed by atoms with E-state index in [0.717, 1.165) is 37.5 Å². The number of ether oxygens (including phenoxy) is 3. The second-order valence-corrected chi connectivity index (χ2v) is 14.3. The quantitative estimate of drug-likeness (QED) is 0.124. The van der Waals surface area contributed by atoms with Crippen molar-refractivity contribution >= 4 is 21.7 Å². The first-order chi connectivity index (χ1) is 23.7. The number of hydrogen-bond donors (Lipinski definition) is 2. The van der Waals surface area contributed by atoms with Crippen LogP contribution >= 0.6 is 0 Å². The van der Waals surface area contributed by atoms with E-state index in [1.54, 1.807) is 25.1 Å². The Balaban J connectivity index is 1.21. The summed E-state index contributed by atoms with van der Waals surface area (Å²) >= 11 is 0. The smallest absolute Gasteiger partial charge is 0.338 e. The van der Waals surface area contributed by atoms with E-state index < -0.39 is 16.1 Å². The number of nitrogens with one attached hydrogen (secondary N) is 1. The number of hydrogen-bond acceptors (Lipinski definition) is 8. The van der Waals surface area contributed by atoms with Crippen LogP contribution in [0.1, 0.15) is 65.6 Å². The van der Waals surface area contributed by atoms with Gasteiger partial charge in [0.2, 0.25) is 10.0 Å². The summed E-state index contributed by atoms with van der Waals surface area (Å²) in [5, 5.41) is 11.2. The van der Waals surface area contributed by atoms with Gasteiger partial charge >= 0.3 is 5.97 Å². The van der Waals surface area contributed by atoms with Gasteiger partial charge in [-0.1, -0.05) is 72.8 Å². The number of carbonyl (C=O) groups is 1. The molecule has 0 aliphatic heterocycles. The summed E-state index contributed by atoms with van der Waals surface area (Å²) < 4.78 is 43.8. The number of aliphatic hydroxyl groups is 1. The van der Waals surface area contributed by atoms with Gasteiger partial charge in [0, 0.05) is 25.2 Å². The van der Waals surface area contributed by atoms with Crippen molar-refractivity contribution in [1.29, 1.82) is 0 Å². The highest BCUT2D eigenvalue weighted by Crippen LogP contribution is 2.36. The zero-order valence-corrected chi connectivity index (χ0v) is 29.0. The maximum atomic E-state index is 12.1. The Hall–Kier alpha value is -4.38. The van der Waals surface area contributed by atoms with Crippen LogP contribution in [0.4, 0.5) is 5.69 Å². The molecule has 0 radical (unpaired) electrons. The van der Waals surface area contributed by atoms with Crippen LogP contribution in [0.15, 0.2) is 103 Å². The Kier molecular flexibility index (Phi) is 12.7. The summed E-state index contributed by atoms with van der Waals surface area (Å²) in [7, 11) is -3.58. The number of rotatable bonds is 16. The molecule has 1 atom stereocenters. The highest BCUT2D eigenvalue weighted by atomic mass is 32.2. The summed E-state index contributed by atoms with van der Waals surface area (Å²) in [5.41, 5.74) is 4.20. The number of aliphatic hydroxyl groups excluding tert-OH is 1. The molecule has 0 spiro atoms. The van der Waals surface area contributed by atoms with Crippen molar-refractivity contribution in [3.8, 4) is 11.5 Å². The number of sulfonamides is 1. The van der Waals surface area contributed by atoms with E-state index in [1.807, 2.05) is 72.8 Å². The van der Waals surface area contributed by atoms with Crippen LogP contribution in [-0.4, -0.2) is 62.6 Å². The molecule has 5 rings (SSSR count). The van der Waals surface area contributed by atoms with E-state index in [9.17, 15) is 18.3 Å². The SMILES string of the molecule is CCOC(=O)c1ccc(C2CCC(N(Cc3ccccc3)CC(O)COc3ccc(OCc4ccccc4)c(NS(C)(=O)=O)c3)CC2)cc1. The minimum atomic E-state index is -3.58. The molecule has 0 saturated heterocycles. The Labute approximate surface area is 289 Å². The van der Waals surface area contributed by atoms with Crippen LogP contribution in [0.5, 0.6) is 11.5 Å². The normalized spacial score (nSPS) is 16.9. The molecule has 4 aromatic carbocycles. The zero-order valence-electron chi connectivity index (χ0n) is 28.2. The second kappa shape index (κ2) is 17.3. The van der Waals surface area contributed by atoms with E-state index in [2.05, 4.69) is 21.8 Å².